The van der Waals surface area contributed by atoms with Crippen molar-refractivity contribution in [3.63, 3.8) is 0 Å². The van der Waals surface area contributed by atoms with Crippen molar-refractivity contribution in [3.8, 4) is 0 Å². The van der Waals surface area contributed by atoms with Gasteiger partial charge in [-0.05, 0) is 36.8 Å². The molecule has 4 nitrogen and oxygen atoms in total. The maximum absolute atomic E-state index is 11.0. The molecule has 4 heteroatoms. The van der Waals surface area contributed by atoms with E-state index in [1.165, 1.54) is 0 Å². The molecule has 17 heavy (non-hydrogen) atoms. The molecule has 0 saturated carbocycles. The summed E-state index contributed by atoms with van der Waals surface area (Å²) < 4.78 is 5.18. The van der Waals surface area contributed by atoms with Crippen molar-refractivity contribution in [1.29, 1.82) is 0 Å². The van der Waals surface area contributed by atoms with Gasteiger partial charge < -0.3 is 14.8 Å². The predicted molar refractivity (Wildman–Crippen MR) is 64.2 cm³/mol. The zero-order valence-electron chi connectivity index (χ0n) is 9.43. The van der Waals surface area contributed by atoms with E-state index in [4.69, 9.17) is 9.52 Å². The third kappa shape index (κ3) is 2.66. The summed E-state index contributed by atoms with van der Waals surface area (Å²) in [7, 11) is 0. The number of hydrogen-bond donors (Lipinski definition) is 2. The Morgan fingerprint density at radius 1 is 1.41 bits per heavy atom. The number of anilines is 1. The number of carboxylic acid groups (broad SMARTS) is 1. The molecule has 2 N–H and O–H groups in total. The van der Waals surface area contributed by atoms with Gasteiger partial charge in [-0.25, -0.2) is 4.79 Å². The molecule has 2 rings (SSSR count). The van der Waals surface area contributed by atoms with Gasteiger partial charge in [-0.3, -0.25) is 0 Å². The summed E-state index contributed by atoms with van der Waals surface area (Å²) in [6.07, 6.45) is 1.59. The van der Waals surface area contributed by atoms with Crippen LogP contribution in [-0.4, -0.2) is 11.1 Å². The number of aryl methyl sites for hydroxylation is 1. The molecule has 0 amide bonds. The number of hydrogen-bond acceptors (Lipinski definition) is 3. The third-order valence-corrected chi connectivity index (χ3v) is 2.44. The Morgan fingerprint density at radius 3 is 2.88 bits per heavy atom. The summed E-state index contributed by atoms with van der Waals surface area (Å²) in [6, 6.07) is 8.82. The average molecular weight is 231 g/mol. The molecular formula is C13H13NO3. The molecule has 0 spiro atoms. The van der Waals surface area contributed by atoms with Crippen LogP contribution in [0.2, 0.25) is 0 Å². The molecule has 1 aromatic heterocycles. The van der Waals surface area contributed by atoms with E-state index in [9.17, 15) is 4.79 Å². The van der Waals surface area contributed by atoms with E-state index in [0.717, 1.165) is 11.3 Å². The van der Waals surface area contributed by atoms with Crippen LogP contribution in [0.3, 0.4) is 0 Å². The highest BCUT2D eigenvalue weighted by molar-refractivity contribution is 5.94. The van der Waals surface area contributed by atoms with E-state index in [1.807, 2.05) is 19.1 Å². The molecule has 0 unspecified atom stereocenters. The smallest absolute Gasteiger partial charge is 0.337 e. The fourth-order valence-electron chi connectivity index (χ4n) is 1.59. The normalized spacial score (nSPS) is 10.2. The van der Waals surface area contributed by atoms with E-state index >= 15 is 0 Å². The summed E-state index contributed by atoms with van der Waals surface area (Å²) in [5, 5.41) is 12.1. The fourth-order valence-corrected chi connectivity index (χ4v) is 1.59. The molecule has 0 aliphatic carbocycles. The van der Waals surface area contributed by atoms with Crippen molar-refractivity contribution in [3.05, 3.63) is 53.5 Å². The molecule has 0 radical (unpaired) electrons. The first kappa shape index (κ1) is 11.3. The number of benzene rings is 1. The van der Waals surface area contributed by atoms with E-state index < -0.39 is 5.97 Å². The molecule has 0 saturated heterocycles. The van der Waals surface area contributed by atoms with Gasteiger partial charge in [0.15, 0.2) is 0 Å². The van der Waals surface area contributed by atoms with Crippen LogP contribution in [0.15, 0.2) is 41.0 Å². The second-order valence-electron chi connectivity index (χ2n) is 3.79. The van der Waals surface area contributed by atoms with Crippen LogP contribution >= 0.6 is 0 Å². The molecule has 88 valence electrons. The van der Waals surface area contributed by atoms with E-state index in [-0.39, 0.29) is 5.56 Å². The van der Waals surface area contributed by atoms with Gasteiger partial charge in [0, 0.05) is 5.69 Å². The predicted octanol–water partition coefficient (Wildman–Crippen LogP) is 2.90. The first-order valence-electron chi connectivity index (χ1n) is 5.27. The van der Waals surface area contributed by atoms with Crippen LogP contribution in [0, 0.1) is 6.92 Å². The van der Waals surface area contributed by atoms with Crippen molar-refractivity contribution in [2.24, 2.45) is 0 Å². The Hall–Kier alpha value is -2.23. The molecule has 1 aromatic carbocycles. The Kier molecular flexibility index (Phi) is 3.14. The second kappa shape index (κ2) is 4.74. The lowest BCUT2D eigenvalue weighted by molar-refractivity contribution is 0.0698. The zero-order valence-corrected chi connectivity index (χ0v) is 9.43. The summed E-state index contributed by atoms with van der Waals surface area (Å²) in [5.74, 6) is -0.171. The van der Waals surface area contributed by atoms with E-state index in [0.29, 0.717) is 12.2 Å². The number of nitrogens with one attached hydrogen (secondary N) is 1. The molecular weight excluding hydrogens is 218 g/mol. The Morgan fingerprint density at radius 2 is 2.24 bits per heavy atom. The molecule has 1 heterocycles. The first-order chi connectivity index (χ1) is 8.16. The van der Waals surface area contributed by atoms with Gasteiger partial charge in [-0.1, -0.05) is 6.07 Å². The van der Waals surface area contributed by atoms with Crippen LogP contribution in [0.25, 0.3) is 0 Å². The van der Waals surface area contributed by atoms with Crippen LogP contribution < -0.4 is 5.32 Å². The highest BCUT2D eigenvalue weighted by Gasteiger charge is 2.09. The van der Waals surface area contributed by atoms with E-state index in [1.54, 1.807) is 24.5 Å². The maximum Gasteiger partial charge on any atom is 0.337 e. The van der Waals surface area contributed by atoms with Gasteiger partial charge in [0.25, 0.3) is 0 Å². The fraction of sp³-hybridized carbons (Fsp3) is 0.154. The number of carbonyl (C=O) groups is 1. The van der Waals surface area contributed by atoms with Crippen molar-refractivity contribution in [2.45, 2.75) is 13.5 Å². The Balaban J connectivity index is 2.19. The van der Waals surface area contributed by atoms with Gasteiger partial charge in [0.2, 0.25) is 0 Å². The van der Waals surface area contributed by atoms with Crippen molar-refractivity contribution < 1.29 is 14.3 Å². The van der Waals surface area contributed by atoms with Gasteiger partial charge in [0.05, 0.1) is 18.4 Å². The van der Waals surface area contributed by atoms with Gasteiger partial charge in [0.1, 0.15) is 5.76 Å². The second-order valence-corrected chi connectivity index (χ2v) is 3.79. The summed E-state index contributed by atoms with van der Waals surface area (Å²) in [4.78, 5) is 11.0. The van der Waals surface area contributed by atoms with Crippen LogP contribution in [0.1, 0.15) is 21.7 Å². The molecule has 0 fully saturated rings. The molecule has 0 aliphatic heterocycles. The third-order valence-electron chi connectivity index (χ3n) is 2.44. The molecule has 0 bridgehead atoms. The first-order valence-corrected chi connectivity index (χ1v) is 5.27. The highest BCUT2D eigenvalue weighted by atomic mass is 16.4. The number of aromatic carboxylic acids is 1. The summed E-state index contributed by atoms with van der Waals surface area (Å²) >= 11 is 0. The zero-order chi connectivity index (χ0) is 12.3. The topological polar surface area (TPSA) is 62.5 Å². The lowest BCUT2D eigenvalue weighted by Crippen LogP contribution is -2.06. The number of carboxylic acids is 1. The van der Waals surface area contributed by atoms with Gasteiger partial charge in [-0.15, -0.1) is 0 Å². The maximum atomic E-state index is 11.0. The molecule has 2 aromatic rings. The van der Waals surface area contributed by atoms with Crippen molar-refractivity contribution >= 4 is 11.7 Å². The average Bonchev–Trinajstić information content (AvgIpc) is 2.78. The minimum atomic E-state index is -0.938. The Labute approximate surface area is 98.9 Å². The Bertz CT molecular complexity index is 517. The lowest BCUT2D eigenvalue weighted by atomic mass is 10.1. The van der Waals surface area contributed by atoms with Crippen LogP contribution in [0.4, 0.5) is 5.69 Å². The SMILES string of the molecule is Cc1ccc(C(=O)O)c(NCc2ccco2)c1. The molecule has 0 atom stereocenters. The van der Waals surface area contributed by atoms with Gasteiger partial charge in [-0.2, -0.15) is 0 Å². The quantitative estimate of drug-likeness (QED) is 0.849. The largest absolute Gasteiger partial charge is 0.478 e. The van der Waals surface area contributed by atoms with Crippen LogP contribution in [0.5, 0.6) is 0 Å². The van der Waals surface area contributed by atoms with Crippen molar-refractivity contribution in [2.75, 3.05) is 5.32 Å². The monoisotopic (exact) mass is 231 g/mol. The highest BCUT2D eigenvalue weighted by Crippen LogP contribution is 2.18. The van der Waals surface area contributed by atoms with Crippen LogP contribution in [-0.2, 0) is 6.54 Å². The van der Waals surface area contributed by atoms with Crippen molar-refractivity contribution in [1.82, 2.24) is 0 Å². The minimum Gasteiger partial charge on any atom is -0.478 e. The number of rotatable bonds is 4. The standard InChI is InChI=1S/C13H13NO3/c1-9-4-5-11(13(15)16)12(7-9)14-8-10-3-2-6-17-10/h2-7,14H,8H2,1H3,(H,15,16). The number of furan rings is 1. The van der Waals surface area contributed by atoms with Gasteiger partial charge >= 0.3 is 5.97 Å². The minimum absolute atomic E-state index is 0.266. The van der Waals surface area contributed by atoms with E-state index in [2.05, 4.69) is 5.32 Å². The lowest BCUT2D eigenvalue weighted by Gasteiger charge is -2.09. The summed E-state index contributed by atoms with van der Waals surface area (Å²) in [6.45, 7) is 2.39. The summed E-state index contributed by atoms with van der Waals surface area (Å²) in [5.41, 5.74) is 1.88. The molecule has 0 aliphatic rings.